The Kier molecular flexibility index (Phi) is 2.58. The smallest absolute Gasteiger partial charge is 0.227 e. The van der Waals surface area contributed by atoms with Gasteiger partial charge in [-0.3, -0.25) is 4.79 Å². The maximum atomic E-state index is 12.0. The quantitative estimate of drug-likeness (QED) is 0.689. The van der Waals surface area contributed by atoms with Gasteiger partial charge >= 0.3 is 0 Å². The van der Waals surface area contributed by atoms with Gasteiger partial charge in [-0.15, -0.1) is 0 Å². The Morgan fingerprint density at radius 2 is 1.87 bits per heavy atom. The normalized spacial score (nSPS) is 14.7. The third-order valence-corrected chi connectivity index (χ3v) is 2.41. The molecule has 1 aromatic rings. The van der Waals surface area contributed by atoms with Crippen LogP contribution in [-0.4, -0.2) is 12.4 Å². The van der Waals surface area contributed by atoms with E-state index in [4.69, 9.17) is 4.74 Å². The zero-order valence-corrected chi connectivity index (χ0v) is 9.04. The first-order valence-electron chi connectivity index (χ1n) is 5.13. The number of carbonyl (C=O) groups excluding carboxylic acids is 1. The lowest BCUT2D eigenvalue weighted by molar-refractivity contribution is 0.0942. The maximum absolute atomic E-state index is 12.0. The fourth-order valence-corrected chi connectivity index (χ4v) is 1.82. The van der Waals surface area contributed by atoms with Gasteiger partial charge in [0.1, 0.15) is 0 Å². The molecule has 78 valence electrons. The number of ketones is 1. The van der Waals surface area contributed by atoms with Crippen LogP contribution in [0, 0.1) is 13.8 Å². The summed E-state index contributed by atoms with van der Waals surface area (Å²) in [7, 11) is 0. The number of Topliss-reactive ketones (excluding diaryl/α,β-unsaturated/α-hetero) is 1. The molecule has 0 bridgehead atoms. The van der Waals surface area contributed by atoms with Crippen LogP contribution in [0.15, 0.2) is 30.0 Å². The largest absolute Gasteiger partial charge is 0.489 e. The predicted octanol–water partition coefficient (Wildman–Crippen LogP) is 2.79. The van der Waals surface area contributed by atoms with Crippen LogP contribution < -0.4 is 0 Å². The highest BCUT2D eigenvalue weighted by Gasteiger charge is 2.17. The molecule has 0 unspecified atom stereocenters. The zero-order chi connectivity index (χ0) is 10.8. The summed E-state index contributed by atoms with van der Waals surface area (Å²) in [6, 6.07) is 5.86. The van der Waals surface area contributed by atoms with Crippen LogP contribution in [0.1, 0.15) is 27.9 Å². The van der Waals surface area contributed by atoms with Crippen molar-refractivity contribution < 1.29 is 9.53 Å². The standard InChI is InChI=1S/C13H14O2/c1-9-6-10(2)8-11(7-9)13(14)12-4-3-5-15-12/h4,6-8H,3,5H2,1-2H3. The van der Waals surface area contributed by atoms with Crippen molar-refractivity contribution in [3.8, 4) is 0 Å². The summed E-state index contributed by atoms with van der Waals surface area (Å²) in [6.45, 7) is 4.62. The second kappa shape index (κ2) is 3.89. The summed E-state index contributed by atoms with van der Waals surface area (Å²) in [5.41, 5.74) is 2.94. The molecule has 1 aliphatic heterocycles. The number of ether oxygens (including phenoxy) is 1. The Morgan fingerprint density at radius 1 is 1.20 bits per heavy atom. The van der Waals surface area contributed by atoms with Gasteiger partial charge in [0.15, 0.2) is 5.76 Å². The van der Waals surface area contributed by atoms with Gasteiger partial charge in [-0.1, -0.05) is 17.2 Å². The summed E-state index contributed by atoms with van der Waals surface area (Å²) in [4.78, 5) is 12.0. The number of rotatable bonds is 2. The average Bonchev–Trinajstić information content (AvgIpc) is 2.67. The lowest BCUT2D eigenvalue weighted by atomic mass is 10.0. The van der Waals surface area contributed by atoms with E-state index in [1.807, 2.05) is 32.1 Å². The lowest BCUT2D eigenvalue weighted by Gasteiger charge is -2.05. The molecule has 0 aliphatic carbocycles. The molecule has 0 saturated carbocycles. The number of benzene rings is 1. The van der Waals surface area contributed by atoms with Gasteiger partial charge < -0.3 is 4.74 Å². The molecule has 0 amide bonds. The Bertz CT molecular complexity index is 410. The fraction of sp³-hybridized carbons (Fsp3) is 0.308. The summed E-state index contributed by atoms with van der Waals surface area (Å²) < 4.78 is 5.26. The van der Waals surface area contributed by atoms with Crippen LogP contribution in [-0.2, 0) is 4.74 Å². The van der Waals surface area contributed by atoms with Crippen LogP contribution in [0.3, 0.4) is 0 Å². The number of carbonyl (C=O) groups is 1. The highest BCUT2D eigenvalue weighted by molar-refractivity contribution is 6.07. The second-order valence-electron chi connectivity index (χ2n) is 3.91. The molecule has 1 aliphatic rings. The SMILES string of the molecule is Cc1cc(C)cc(C(=O)C2=CCCO2)c1. The molecule has 1 aromatic carbocycles. The molecule has 0 spiro atoms. The first kappa shape index (κ1) is 9.97. The summed E-state index contributed by atoms with van der Waals surface area (Å²) in [5.74, 6) is 0.499. The molecule has 0 aromatic heterocycles. The van der Waals surface area contributed by atoms with Gasteiger partial charge in [-0.2, -0.15) is 0 Å². The Morgan fingerprint density at radius 3 is 2.40 bits per heavy atom. The molecule has 0 N–H and O–H groups in total. The van der Waals surface area contributed by atoms with Crippen molar-refractivity contribution in [2.45, 2.75) is 20.3 Å². The third kappa shape index (κ3) is 2.09. The summed E-state index contributed by atoms with van der Waals surface area (Å²) in [5, 5.41) is 0. The minimum Gasteiger partial charge on any atom is -0.489 e. The van der Waals surface area contributed by atoms with E-state index in [0.29, 0.717) is 12.4 Å². The van der Waals surface area contributed by atoms with Crippen LogP contribution in [0.4, 0.5) is 0 Å². The highest BCUT2D eigenvalue weighted by atomic mass is 16.5. The number of hydrogen-bond acceptors (Lipinski definition) is 2. The first-order valence-corrected chi connectivity index (χ1v) is 5.13. The lowest BCUT2D eigenvalue weighted by Crippen LogP contribution is -2.04. The minimum atomic E-state index is -0.000648. The fourth-order valence-electron chi connectivity index (χ4n) is 1.82. The van der Waals surface area contributed by atoms with E-state index in [9.17, 15) is 4.79 Å². The van der Waals surface area contributed by atoms with Crippen molar-refractivity contribution in [1.29, 1.82) is 0 Å². The van der Waals surface area contributed by atoms with E-state index in [-0.39, 0.29) is 5.78 Å². The van der Waals surface area contributed by atoms with E-state index in [1.165, 1.54) is 0 Å². The number of allylic oxidation sites excluding steroid dienone is 1. The maximum Gasteiger partial charge on any atom is 0.227 e. The van der Waals surface area contributed by atoms with Crippen molar-refractivity contribution in [3.63, 3.8) is 0 Å². The summed E-state index contributed by atoms with van der Waals surface area (Å²) in [6.07, 6.45) is 2.70. The number of aryl methyl sites for hydroxylation is 2. The molecular formula is C13H14O2. The molecule has 2 rings (SSSR count). The van der Waals surface area contributed by atoms with Gasteiger partial charge in [-0.25, -0.2) is 0 Å². The molecule has 2 nitrogen and oxygen atoms in total. The van der Waals surface area contributed by atoms with Gasteiger partial charge in [0, 0.05) is 12.0 Å². The van der Waals surface area contributed by atoms with Crippen molar-refractivity contribution in [1.82, 2.24) is 0 Å². The van der Waals surface area contributed by atoms with E-state index in [1.54, 1.807) is 0 Å². The van der Waals surface area contributed by atoms with Crippen LogP contribution in [0.25, 0.3) is 0 Å². The molecule has 15 heavy (non-hydrogen) atoms. The molecule has 1 heterocycles. The van der Waals surface area contributed by atoms with Crippen LogP contribution >= 0.6 is 0 Å². The first-order chi connectivity index (χ1) is 7.16. The Hall–Kier alpha value is -1.57. The molecule has 0 atom stereocenters. The van der Waals surface area contributed by atoms with E-state index in [0.717, 1.165) is 23.1 Å². The van der Waals surface area contributed by atoms with Crippen molar-refractivity contribution >= 4 is 5.78 Å². The molecule has 0 saturated heterocycles. The topological polar surface area (TPSA) is 26.3 Å². The van der Waals surface area contributed by atoms with Gasteiger partial charge in [-0.05, 0) is 32.1 Å². The zero-order valence-electron chi connectivity index (χ0n) is 9.04. The van der Waals surface area contributed by atoms with Crippen LogP contribution in [0.2, 0.25) is 0 Å². The van der Waals surface area contributed by atoms with E-state index >= 15 is 0 Å². The van der Waals surface area contributed by atoms with Gasteiger partial charge in [0.05, 0.1) is 6.61 Å². The van der Waals surface area contributed by atoms with Gasteiger partial charge in [0.2, 0.25) is 5.78 Å². The van der Waals surface area contributed by atoms with Crippen molar-refractivity contribution in [3.05, 3.63) is 46.7 Å². The van der Waals surface area contributed by atoms with Crippen LogP contribution in [0.5, 0.6) is 0 Å². The monoisotopic (exact) mass is 202 g/mol. The number of hydrogen-bond donors (Lipinski definition) is 0. The average molecular weight is 202 g/mol. The summed E-state index contributed by atoms with van der Waals surface area (Å²) >= 11 is 0. The van der Waals surface area contributed by atoms with Crippen molar-refractivity contribution in [2.24, 2.45) is 0 Å². The third-order valence-electron chi connectivity index (χ3n) is 2.41. The molecule has 0 fully saturated rings. The Balaban J connectivity index is 2.32. The second-order valence-corrected chi connectivity index (χ2v) is 3.91. The molecular weight excluding hydrogens is 188 g/mol. The Labute approximate surface area is 89.6 Å². The van der Waals surface area contributed by atoms with E-state index < -0.39 is 0 Å². The van der Waals surface area contributed by atoms with Gasteiger partial charge in [0.25, 0.3) is 0 Å². The molecule has 2 heteroatoms. The molecule has 0 radical (unpaired) electrons. The van der Waals surface area contributed by atoms with E-state index in [2.05, 4.69) is 6.07 Å². The van der Waals surface area contributed by atoms with Crippen molar-refractivity contribution in [2.75, 3.05) is 6.61 Å². The highest BCUT2D eigenvalue weighted by Crippen LogP contribution is 2.17. The predicted molar refractivity (Wildman–Crippen MR) is 58.9 cm³/mol. The minimum absolute atomic E-state index is 0.000648.